The summed E-state index contributed by atoms with van der Waals surface area (Å²) < 4.78 is 0. The Balaban J connectivity index is 1.64. The lowest BCUT2D eigenvalue weighted by molar-refractivity contribution is 0.0913. The summed E-state index contributed by atoms with van der Waals surface area (Å²) in [6.45, 7) is 6.71. The van der Waals surface area contributed by atoms with Crippen LogP contribution < -0.4 is 5.32 Å². The third-order valence-corrected chi connectivity index (χ3v) is 6.01. The van der Waals surface area contributed by atoms with Gasteiger partial charge in [0.2, 0.25) is 0 Å². The number of fused-ring (bicyclic) bond motifs is 1. The van der Waals surface area contributed by atoms with Gasteiger partial charge < -0.3 is 10.4 Å². The van der Waals surface area contributed by atoms with Crippen molar-refractivity contribution in [3.05, 3.63) is 51.0 Å². The monoisotopic (exact) mass is 373 g/mol. The smallest absolute Gasteiger partial charge is 0.252 e. The van der Waals surface area contributed by atoms with Crippen LogP contribution in [0.4, 0.5) is 0 Å². The number of amides is 1. The van der Waals surface area contributed by atoms with Gasteiger partial charge in [0, 0.05) is 36.1 Å². The Labute approximate surface area is 159 Å². The molecular formula is C20H27N3O2S. The number of carbonyl (C=O) groups is 1. The molecule has 2 N–H and O–H groups in total. The van der Waals surface area contributed by atoms with E-state index in [1.807, 2.05) is 18.5 Å². The molecule has 3 heterocycles. The fourth-order valence-electron chi connectivity index (χ4n) is 3.23. The minimum atomic E-state index is -0.171. The number of rotatable bonds is 7. The highest BCUT2D eigenvalue weighted by molar-refractivity contribution is 7.10. The standard InChI is InChI=1S/C20H27N3O2S/c1-3-14-5-6-16(21-9-14)10-23-8-7-17-18(13-26-19(17)11-23)20(25)22-15(4-2)12-24/h5-6,9,13,15,24H,3-4,7-8,10-12H2,1-2H3,(H,22,25). The predicted octanol–water partition coefficient (Wildman–Crippen LogP) is 2.76. The maximum atomic E-state index is 12.5. The number of thiophene rings is 1. The molecule has 1 aliphatic rings. The van der Waals surface area contributed by atoms with Crippen LogP contribution in [0, 0.1) is 0 Å². The number of aliphatic hydroxyl groups is 1. The van der Waals surface area contributed by atoms with Crippen molar-refractivity contribution in [2.24, 2.45) is 0 Å². The van der Waals surface area contributed by atoms with Gasteiger partial charge in [0.15, 0.2) is 0 Å². The SMILES string of the molecule is CCc1ccc(CN2CCc3c(C(=O)NC(CC)CO)csc3C2)nc1. The molecule has 0 saturated carbocycles. The van der Waals surface area contributed by atoms with Crippen molar-refractivity contribution in [2.75, 3.05) is 13.2 Å². The lowest BCUT2D eigenvalue weighted by Gasteiger charge is -2.27. The topological polar surface area (TPSA) is 65.5 Å². The van der Waals surface area contributed by atoms with E-state index in [0.717, 1.165) is 50.2 Å². The van der Waals surface area contributed by atoms with Crippen molar-refractivity contribution in [1.29, 1.82) is 0 Å². The van der Waals surface area contributed by atoms with Gasteiger partial charge in [0.1, 0.15) is 0 Å². The second kappa shape index (κ2) is 8.75. The fourth-order valence-corrected chi connectivity index (χ4v) is 4.35. The zero-order valence-corrected chi connectivity index (χ0v) is 16.3. The van der Waals surface area contributed by atoms with Crippen LogP contribution >= 0.6 is 11.3 Å². The Morgan fingerprint density at radius 3 is 2.92 bits per heavy atom. The number of aryl methyl sites for hydroxylation is 1. The lowest BCUT2D eigenvalue weighted by Crippen LogP contribution is -2.37. The molecule has 0 fully saturated rings. The molecule has 0 bridgehead atoms. The van der Waals surface area contributed by atoms with E-state index in [0.29, 0.717) is 0 Å². The summed E-state index contributed by atoms with van der Waals surface area (Å²) in [5, 5.41) is 14.2. The molecule has 2 aromatic rings. The molecule has 0 aromatic carbocycles. The zero-order chi connectivity index (χ0) is 18.5. The summed E-state index contributed by atoms with van der Waals surface area (Å²) in [5.41, 5.74) is 4.30. The first-order chi connectivity index (χ1) is 12.6. The van der Waals surface area contributed by atoms with Crippen molar-refractivity contribution in [3.63, 3.8) is 0 Å². The van der Waals surface area contributed by atoms with E-state index < -0.39 is 0 Å². The third kappa shape index (κ3) is 4.31. The molecule has 140 valence electrons. The van der Waals surface area contributed by atoms with Crippen LogP contribution in [0.3, 0.4) is 0 Å². The lowest BCUT2D eigenvalue weighted by atomic mass is 10.0. The number of pyridine rings is 1. The van der Waals surface area contributed by atoms with E-state index in [1.165, 1.54) is 16.0 Å². The zero-order valence-electron chi connectivity index (χ0n) is 15.5. The number of aliphatic hydroxyl groups excluding tert-OH is 1. The first-order valence-corrected chi connectivity index (χ1v) is 10.2. The molecule has 1 unspecified atom stereocenters. The van der Waals surface area contributed by atoms with Crippen molar-refractivity contribution in [1.82, 2.24) is 15.2 Å². The Kier molecular flexibility index (Phi) is 6.40. The van der Waals surface area contributed by atoms with Crippen LogP contribution in [0.1, 0.15) is 52.3 Å². The van der Waals surface area contributed by atoms with Gasteiger partial charge >= 0.3 is 0 Å². The van der Waals surface area contributed by atoms with Crippen LogP contribution in [-0.4, -0.2) is 40.1 Å². The second-order valence-corrected chi connectivity index (χ2v) is 7.75. The van der Waals surface area contributed by atoms with Gasteiger partial charge in [-0.2, -0.15) is 0 Å². The Morgan fingerprint density at radius 1 is 1.42 bits per heavy atom. The second-order valence-electron chi connectivity index (χ2n) is 6.78. The number of carbonyl (C=O) groups excluding carboxylic acids is 1. The van der Waals surface area contributed by atoms with E-state index in [-0.39, 0.29) is 18.6 Å². The van der Waals surface area contributed by atoms with Crippen molar-refractivity contribution >= 4 is 17.2 Å². The van der Waals surface area contributed by atoms with Crippen molar-refractivity contribution in [2.45, 2.75) is 52.2 Å². The molecule has 0 radical (unpaired) electrons. The normalized spacial score (nSPS) is 15.5. The predicted molar refractivity (Wildman–Crippen MR) is 104 cm³/mol. The minimum absolute atomic E-state index is 0.0217. The summed E-state index contributed by atoms with van der Waals surface area (Å²) in [6, 6.07) is 4.09. The fraction of sp³-hybridized carbons (Fsp3) is 0.500. The first-order valence-electron chi connectivity index (χ1n) is 9.31. The van der Waals surface area contributed by atoms with E-state index in [2.05, 4.69) is 34.3 Å². The van der Waals surface area contributed by atoms with Crippen LogP contribution in [0.5, 0.6) is 0 Å². The van der Waals surface area contributed by atoms with E-state index in [1.54, 1.807) is 11.3 Å². The van der Waals surface area contributed by atoms with Crippen LogP contribution in [0.25, 0.3) is 0 Å². The molecule has 1 atom stereocenters. The van der Waals surface area contributed by atoms with Gasteiger partial charge in [-0.15, -0.1) is 11.3 Å². The quantitative estimate of drug-likeness (QED) is 0.783. The van der Waals surface area contributed by atoms with Crippen LogP contribution in [-0.2, 0) is 25.9 Å². The highest BCUT2D eigenvalue weighted by Gasteiger charge is 2.24. The summed E-state index contributed by atoms with van der Waals surface area (Å²) in [4.78, 5) is 20.7. The largest absolute Gasteiger partial charge is 0.394 e. The summed E-state index contributed by atoms with van der Waals surface area (Å²) in [7, 11) is 0. The molecule has 6 heteroatoms. The van der Waals surface area contributed by atoms with Gasteiger partial charge in [-0.25, -0.2) is 0 Å². The summed E-state index contributed by atoms with van der Waals surface area (Å²) >= 11 is 1.66. The van der Waals surface area contributed by atoms with Crippen molar-refractivity contribution < 1.29 is 9.90 Å². The van der Waals surface area contributed by atoms with Crippen molar-refractivity contribution in [3.8, 4) is 0 Å². The van der Waals surface area contributed by atoms with E-state index in [9.17, 15) is 9.90 Å². The maximum absolute atomic E-state index is 12.5. The van der Waals surface area contributed by atoms with Gasteiger partial charge in [0.05, 0.1) is 23.9 Å². The molecule has 3 rings (SSSR count). The van der Waals surface area contributed by atoms with Crippen LogP contribution in [0.15, 0.2) is 23.7 Å². The number of nitrogens with zero attached hydrogens (tertiary/aromatic N) is 2. The molecule has 0 spiro atoms. The number of nitrogens with one attached hydrogen (secondary N) is 1. The Bertz CT molecular complexity index is 738. The molecule has 5 nitrogen and oxygen atoms in total. The average Bonchev–Trinajstić information content (AvgIpc) is 3.10. The summed E-state index contributed by atoms with van der Waals surface area (Å²) in [6.07, 6.45) is 4.58. The number of hydrogen-bond acceptors (Lipinski definition) is 5. The highest BCUT2D eigenvalue weighted by atomic mass is 32.1. The molecule has 26 heavy (non-hydrogen) atoms. The van der Waals surface area contributed by atoms with Crippen LogP contribution in [0.2, 0.25) is 0 Å². The van der Waals surface area contributed by atoms with Gasteiger partial charge in [0.25, 0.3) is 5.91 Å². The number of hydrogen-bond donors (Lipinski definition) is 2. The molecule has 1 aliphatic heterocycles. The van der Waals surface area contributed by atoms with Gasteiger partial charge in [-0.3, -0.25) is 14.7 Å². The van der Waals surface area contributed by atoms with E-state index in [4.69, 9.17) is 0 Å². The highest BCUT2D eigenvalue weighted by Crippen LogP contribution is 2.29. The maximum Gasteiger partial charge on any atom is 0.252 e. The Hall–Kier alpha value is -1.76. The number of aromatic nitrogens is 1. The Morgan fingerprint density at radius 2 is 2.27 bits per heavy atom. The molecule has 0 saturated heterocycles. The molecule has 2 aromatic heterocycles. The molecule has 0 aliphatic carbocycles. The molecular weight excluding hydrogens is 346 g/mol. The average molecular weight is 374 g/mol. The third-order valence-electron chi connectivity index (χ3n) is 5.00. The van der Waals surface area contributed by atoms with Gasteiger partial charge in [-0.1, -0.05) is 19.9 Å². The summed E-state index contributed by atoms with van der Waals surface area (Å²) in [5.74, 6) is -0.0614. The minimum Gasteiger partial charge on any atom is -0.394 e. The van der Waals surface area contributed by atoms with E-state index >= 15 is 0 Å². The van der Waals surface area contributed by atoms with Gasteiger partial charge in [-0.05, 0) is 36.5 Å². The molecule has 1 amide bonds. The first kappa shape index (κ1) is 19.0.